The van der Waals surface area contributed by atoms with Crippen molar-refractivity contribution in [3.8, 4) is 5.69 Å². The molecule has 0 bridgehead atoms. The average Bonchev–Trinajstić information content (AvgIpc) is 2.90. The second-order valence-electron chi connectivity index (χ2n) is 5.45. The van der Waals surface area contributed by atoms with E-state index < -0.39 is 5.25 Å². The van der Waals surface area contributed by atoms with Crippen molar-refractivity contribution in [2.45, 2.75) is 30.3 Å². The van der Waals surface area contributed by atoms with Crippen molar-refractivity contribution in [3.05, 3.63) is 35.1 Å². The molecule has 2 atom stereocenters. The summed E-state index contributed by atoms with van der Waals surface area (Å²) in [7, 11) is 3.95. The zero-order valence-corrected chi connectivity index (χ0v) is 15.1. The van der Waals surface area contributed by atoms with Crippen molar-refractivity contribution >= 4 is 29.3 Å². The topological polar surface area (TPSA) is 77.0 Å². The molecule has 0 saturated heterocycles. The summed E-state index contributed by atoms with van der Waals surface area (Å²) < 4.78 is 1.94. The summed E-state index contributed by atoms with van der Waals surface area (Å²) in [5, 5.41) is 9.45. The van der Waals surface area contributed by atoms with Crippen LogP contribution >= 0.6 is 23.4 Å². The highest BCUT2D eigenvalue weighted by Crippen LogP contribution is 2.29. The molecule has 2 unspecified atom stereocenters. The fraction of sp³-hybridized carbons (Fsp3) is 0.400. The molecule has 0 aliphatic rings. The quantitative estimate of drug-likeness (QED) is 0.807. The van der Waals surface area contributed by atoms with Crippen LogP contribution in [0.2, 0.25) is 5.02 Å². The van der Waals surface area contributed by atoms with Gasteiger partial charge in [-0.05, 0) is 52.2 Å². The van der Waals surface area contributed by atoms with Gasteiger partial charge in [-0.2, -0.15) is 0 Å². The first-order valence-corrected chi connectivity index (χ1v) is 8.40. The average molecular weight is 354 g/mol. The number of aromatic nitrogens is 3. The van der Waals surface area contributed by atoms with E-state index in [0.717, 1.165) is 11.5 Å². The molecule has 2 rings (SSSR count). The molecule has 0 aliphatic carbocycles. The van der Waals surface area contributed by atoms with Crippen LogP contribution in [-0.4, -0.2) is 44.9 Å². The maximum Gasteiger partial charge on any atom is 0.230 e. The highest BCUT2D eigenvalue weighted by atomic mass is 35.5. The third-order valence-corrected chi connectivity index (χ3v) is 4.89. The van der Waals surface area contributed by atoms with Crippen molar-refractivity contribution in [3.63, 3.8) is 0 Å². The number of nitrogens with zero attached hydrogens (tertiary/aromatic N) is 4. The molecule has 2 aromatic rings. The van der Waals surface area contributed by atoms with Crippen LogP contribution < -0.4 is 5.73 Å². The van der Waals surface area contributed by atoms with E-state index in [1.54, 1.807) is 6.92 Å². The predicted octanol–water partition coefficient (Wildman–Crippen LogP) is 2.51. The Morgan fingerprint density at radius 2 is 1.87 bits per heavy atom. The number of thioether (sulfide) groups is 1. The minimum Gasteiger partial charge on any atom is -0.369 e. The van der Waals surface area contributed by atoms with Gasteiger partial charge in [-0.1, -0.05) is 23.4 Å². The number of primary amides is 1. The first-order chi connectivity index (χ1) is 10.8. The van der Waals surface area contributed by atoms with Gasteiger partial charge in [0.2, 0.25) is 5.91 Å². The predicted molar refractivity (Wildman–Crippen MR) is 93.0 cm³/mol. The third kappa shape index (κ3) is 4.04. The summed E-state index contributed by atoms with van der Waals surface area (Å²) >= 11 is 7.27. The van der Waals surface area contributed by atoms with Crippen LogP contribution in [0.3, 0.4) is 0 Å². The number of carbonyl (C=O) groups is 1. The summed E-state index contributed by atoms with van der Waals surface area (Å²) in [6.45, 7) is 3.80. The number of halogens is 1. The molecule has 0 radical (unpaired) electrons. The maximum absolute atomic E-state index is 11.4. The SMILES string of the molecule is CC(Sc1nnc(C(C)N(C)C)n1-c1ccc(Cl)cc1)C(N)=O. The molecular weight excluding hydrogens is 334 g/mol. The van der Waals surface area contributed by atoms with Crippen LogP contribution in [0.4, 0.5) is 0 Å². The van der Waals surface area contributed by atoms with Gasteiger partial charge in [-0.25, -0.2) is 0 Å². The molecule has 6 nitrogen and oxygen atoms in total. The van der Waals surface area contributed by atoms with Gasteiger partial charge in [-0.15, -0.1) is 10.2 Å². The number of nitrogens with two attached hydrogens (primary N) is 1. The van der Waals surface area contributed by atoms with Gasteiger partial charge < -0.3 is 5.73 Å². The molecule has 0 aliphatic heterocycles. The zero-order valence-electron chi connectivity index (χ0n) is 13.5. The first-order valence-electron chi connectivity index (χ1n) is 7.15. The summed E-state index contributed by atoms with van der Waals surface area (Å²) in [6.07, 6.45) is 0. The van der Waals surface area contributed by atoms with Crippen LogP contribution in [0.1, 0.15) is 25.7 Å². The Morgan fingerprint density at radius 3 is 2.39 bits per heavy atom. The van der Waals surface area contributed by atoms with Crippen molar-refractivity contribution in [1.82, 2.24) is 19.7 Å². The van der Waals surface area contributed by atoms with Crippen molar-refractivity contribution in [1.29, 1.82) is 0 Å². The van der Waals surface area contributed by atoms with E-state index in [-0.39, 0.29) is 11.9 Å². The first kappa shape index (κ1) is 17.8. The van der Waals surface area contributed by atoms with Crippen LogP contribution in [0.5, 0.6) is 0 Å². The molecule has 1 aromatic carbocycles. The minimum atomic E-state index is -0.396. The van der Waals surface area contributed by atoms with Crippen LogP contribution in [0.25, 0.3) is 5.69 Å². The smallest absolute Gasteiger partial charge is 0.230 e. The number of hydrogen-bond acceptors (Lipinski definition) is 5. The molecule has 8 heteroatoms. The van der Waals surface area contributed by atoms with Crippen molar-refractivity contribution in [2.24, 2.45) is 5.73 Å². The van der Waals surface area contributed by atoms with E-state index >= 15 is 0 Å². The fourth-order valence-corrected chi connectivity index (χ4v) is 2.86. The molecule has 23 heavy (non-hydrogen) atoms. The van der Waals surface area contributed by atoms with Crippen LogP contribution in [0, 0.1) is 0 Å². The lowest BCUT2D eigenvalue weighted by Gasteiger charge is -2.20. The fourth-order valence-electron chi connectivity index (χ4n) is 1.91. The minimum absolute atomic E-state index is 0.0522. The lowest BCUT2D eigenvalue weighted by Crippen LogP contribution is -2.23. The molecule has 124 valence electrons. The normalized spacial score (nSPS) is 14.0. The standard InChI is InChI=1S/C15H20ClN5OS/c1-9(20(3)4)14-18-19-15(23-10(2)13(17)22)21(14)12-7-5-11(16)6-8-12/h5-10H,1-4H3,(H2,17,22). The van der Waals surface area contributed by atoms with Gasteiger partial charge in [-0.3, -0.25) is 14.3 Å². The number of hydrogen-bond donors (Lipinski definition) is 1. The third-order valence-electron chi connectivity index (χ3n) is 3.57. The second-order valence-corrected chi connectivity index (χ2v) is 7.20. The van der Waals surface area contributed by atoms with Gasteiger partial charge in [0.1, 0.15) is 0 Å². The number of carbonyl (C=O) groups excluding carboxylic acids is 1. The highest BCUT2D eigenvalue weighted by molar-refractivity contribution is 8.00. The number of benzene rings is 1. The largest absolute Gasteiger partial charge is 0.369 e. The lowest BCUT2D eigenvalue weighted by molar-refractivity contribution is -0.117. The van der Waals surface area contributed by atoms with Crippen LogP contribution in [0.15, 0.2) is 29.4 Å². The highest BCUT2D eigenvalue weighted by Gasteiger charge is 2.23. The van der Waals surface area contributed by atoms with E-state index in [0.29, 0.717) is 10.2 Å². The van der Waals surface area contributed by atoms with E-state index in [4.69, 9.17) is 17.3 Å². The molecule has 1 aromatic heterocycles. The molecule has 0 saturated carbocycles. The Balaban J connectivity index is 2.51. The van der Waals surface area contributed by atoms with Gasteiger partial charge in [0, 0.05) is 10.7 Å². The van der Waals surface area contributed by atoms with E-state index in [9.17, 15) is 4.79 Å². The van der Waals surface area contributed by atoms with Crippen molar-refractivity contribution < 1.29 is 4.79 Å². The van der Waals surface area contributed by atoms with Gasteiger partial charge in [0.25, 0.3) is 0 Å². The van der Waals surface area contributed by atoms with E-state index in [1.807, 2.05) is 54.8 Å². The van der Waals surface area contributed by atoms with Gasteiger partial charge >= 0.3 is 0 Å². The lowest BCUT2D eigenvalue weighted by atomic mass is 10.2. The Kier molecular flexibility index (Phi) is 5.67. The van der Waals surface area contributed by atoms with Crippen molar-refractivity contribution in [2.75, 3.05) is 14.1 Å². The van der Waals surface area contributed by atoms with Gasteiger partial charge in [0.05, 0.1) is 11.3 Å². The molecule has 0 spiro atoms. The molecule has 1 heterocycles. The molecular formula is C15H20ClN5OS. The Hall–Kier alpha value is -1.57. The van der Waals surface area contributed by atoms with E-state index in [1.165, 1.54) is 11.8 Å². The molecule has 0 fully saturated rings. The zero-order chi connectivity index (χ0) is 17.1. The Morgan fingerprint density at radius 1 is 1.26 bits per heavy atom. The second kappa shape index (κ2) is 7.33. The summed E-state index contributed by atoms with van der Waals surface area (Å²) in [6, 6.07) is 7.48. The van der Waals surface area contributed by atoms with Gasteiger partial charge in [0.15, 0.2) is 11.0 Å². The number of amides is 1. The summed E-state index contributed by atoms with van der Waals surface area (Å²) in [4.78, 5) is 13.4. The Labute approximate surface area is 145 Å². The summed E-state index contributed by atoms with van der Waals surface area (Å²) in [5.41, 5.74) is 6.26. The Bertz CT molecular complexity index is 686. The molecule has 1 amide bonds. The molecule has 2 N–H and O–H groups in total. The van der Waals surface area contributed by atoms with Crippen LogP contribution in [-0.2, 0) is 4.79 Å². The summed E-state index contributed by atoms with van der Waals surface area (Å²) in [5.74, 6) is 0.402. The maximum atomic E-state index is 11.4. The van der Waals surface area contributed by atoms with E-state index in [2.05, 4.69) is 10.2 Å². The number of rotatable bonds is 6. The monoisotopic (exact) mass is 353 g/mol.